The first-order chi connectivity index (χ1) is 15.6. The number of aromatic nitrogens is 3. The number of carbonyl (C=O) groups excluding carboxylic acids is 1. The number of carbonyl (C=O) groups is 1. The van der Waals surface area contributed by atoms with Gasteiger partial charge in [0.2, 0.25) is 5.95 Å². The maximum atomic E-state index is 13.9. The molecule has 2 aromatic carbocycles. The van der Waals surface area contributed by atoms with E-state index in [2.05, 4.69) is 25.8 Å². The van der Waals surface area contributed by atoms with Crippen molar-refractivity contribution in [2.45, 2.75) is 12.0 Å². The average Bonchev–Trinajstić information content (AvgIpc) is 3.46. The lowest BCUT2D eigenvalue weighted by molar-refractivity contribution is 0.0899. The van der Waals surface area contributed by atoms with Gasteiger partial charge in [-0.3, -0.25) is 14.9 Å². The molecule has 2 aromatic heterocycles. The highest BCUT2D eigenvalue weighted by molar-refractivity contribution is 5.94. The lowest BCUT2D eigenvalue weighted by atomic mass is 9.88. The Balaban J connectivity index is 1.45. The minimum Gasteiger partial charge on any atom is -0.497 e. The van der Waals surface area contributed by atoms with E-state index in [-0.39, 0.29) is 5.91 Å². The van der Waals surface area contributed by atoms with Gasteiger partial charge in [-0.15, -0.1) is 0 Å². The fourth-order valence-corrected chi connectivity index (χ4v) is 4.21. The number of pyridine rings is 1. The number of halogens is 1. The molecule has 1 fully saturated rings. The first kappa shape index (κ1) is 20.1. The standard InChI is InChI=1S/C24H22FN5O2/c1-32-18-4-2-3-17(13-18)24(8-10-26-14-24)28-23(31)21-12-16(7-9-27-21)15-5-6-20-19(11-15)22(25)30-29-20/h2-7,9,11-13,26H,8,10,14H2,1H3,(H,28,31)(H,29,30). The molecule has 0 bridgehead atoms. The van der Waals surface area contributed by atoms with Crippen molar-refractivity contribution in [1.29, 1.82) is 0 Å². The number of hydrogen-bond acceptors (Lipinski definition) is 5. The van der Waals surface area contributed by atoms with E-state index >= 15 is 0 Å². The molecule has 1 saturated heterocycles. The SMILES string of the molecule is COc1cccc(C2(NC(=O)c3cc(-c4ccc5n[nH]c(F)c5c4)ccn3)CCNC2)c1. The van der Waals surface area contributed by atoms with Gasteiger partial charge < -0.3 is 15.4 Å². The number of rotatable bonds is 5. The van der Waals surface area contributed by atoms with Crippen LogP contribution in [0.25, 0.3) is 22.0 Å². The molecule has 3 N–H and O–H groups in total. The number of ether oxygens (including phenoxy) is 1. The molecule has 3 heterocycles. The van der Waals surface area contributed by atoms with Crippen molar-refractivity contribution in [3.05, 3.63) is 78.0 Å². The second kappa shape index (κ2) is 8.05. The zero-order chi connectivity index (χ0) is 22.1. The summed E-state index contributed by atoms with van der Waals surface area (Å²) in [5, 5.41) is 13.2. The predicted molar refractivity (Wildman–Crippen MR) is 119 cm³/mol. The zero-order valence-electron chi connectivity index (χ0n) is 17.5. The Morgan fingerprint density at radius 2 is 2.03 bits per heavy atom. The number of nitrogens with zero attached hydrogens (tertiary/aromatic N) is 2. The number of aromatic amines is 1. The normalized spacial score (nSPS) is 18.1. The average molecular weight is 431 g/mol. The summed E-state index contributed by atoms with van der Waals surface area (Å²) < 4.78 is 19.3. The van der Waals surface area contributed by atoms with Crippen molar-refractivity contribution in [3.8, 4) is 16.9 Å². The number of benzene rings is 2. The molecular weight excluding hydrogens is 409 g/mol. The molecule has 5 rings (SSSR count). The number of hydrogen-bond donors (Lipinski definition) is 3. The number of H-pyrrole nitrogens is 1. The summed E-state index contributed by atoms with van der Waals surface area (Å²) in [4.78, 5) is 17.5. The first-order valence-corrected chi connectivity index (χ1v) is 10.4. The van der Waals surface area contributed by atoms with Gasteiger partial charge in [-0.05, 0) is 66.1 Å². The predicted octanol–water partition coefficient (Wildman–Crippen LogP) is 3.39. The Hall–Kier alpha value is -3.78. The van der Waals surface area contributed by atoms with Gasteiger partial charge in [-0.25, -0.2) is 0 Å². The molecule has 0 saturated carbocycles. The Labute approximate surface area is 184 Å². The molecule has 0 aliphatic carbocycles. The summed E-state index contributed by atoms with van der Waals surface area (Å²) in [7, 11) is 1.62. The largest absolute Gasteiger partial charge is 0.497 e. The lowest BCUT2D eigenvalue weighted by Crippen LogP contribution is -2.47. The molecule has 0 radical (unpaired) electrons. The molecule has 4 aromatic rings. The Morgan fingerprint density at radius 3 is 2.84 bits per heavy atom. The van der Waals surface area contributed by atoms with E-state index in [4.69, 9.17) is 4.74 Å². The molecule has 1 unspecified atom stereocenters. The molecule has 0 spiro atoms. The fraction of sp³-hybridized carbons (Fsp3) is 0.208. The maximum absolute atomic E-state index is 13.9. The van der Waals surface area contributed by atoms with Crippen LogP contribution in [0, 0.1) is 5.95 Å². The van der Waals surface area contributed by atoms with Crippen LogP contribution in [-0.4, -0.2) is 41.3 Å². The Morgan fingerprint density at radius 1 is 1.16 bits per heavy atom. The molecule has 1 aliphatic heterocycles. The second-order valence-corrected chi connectivity index (χ2v) is 7.89. The van der Waals surface area contributed by atoms with Crippen LogP contribution >= 0.6 is 0 Å². The van der Waals surface area contributed by atoms with Crippen LogP contribution in [0.1, 0.15) is 22.5 Å². The van der Waals surface area contributed by atoms with Gasteiger partial charge >= 0.3 is 0 Å². The third-order valence-electron chi connectivity index (χ3n) is 5.96. The third-order valence-corrected chi connectivity index (χ3v) is 5.96. The van der Waals surface area contributed by atoms with Crippen LogP contribution in [0.3, 0.4) is 0 Å². The van der Waals surface area contributed by atoms with Crippen molar-refractivity contribution >= 4 is 16.8 Å². The van der Waals surface area contributed by atoms with E-state index in [9.17, 15) is 9.18 Å². The molecule has 7 nitrogen and oxygen atoms in total. The topological polar surface area (TPSA) is 91.9 Å². The molecule has 32 heavy (non-hydrogen) atoms. The number of amides is 1. The van der Waals surface area contributed by atoms with Gasteiger partial charge in [-0.2, -0.15) is 9.49 Å². The van der Waals surface area contributed by atoms with Crippen LogP contribution in [0.2, 0.25) is 0 Å². The number of fused-ring (bicyclic) bond motifs is 1. The third kappa shape index (κ3) is 3.58. The first-order valence-electron chi connectivity index (χ1n) is 10.4. The van der Waals surface area contributed by atoms with E-state index in [0.717, 1.165) is 35.4 Å². The summed E-state index contributed by atoms with van der Waals surface area (Å²) in [6.45, 7) is 1.41. The van der Waals surface area contributed by atoms with E-state index in [1.807, 2.05) is 30.3 Å². The minimum atomic E-state index is -0.553. The molecule has 8 heteroatoms. The number of methoxy groups -OCH3 is 1. The fourth-order valence-electron chi connectivity index (χ4n) is 4.21. The smallest absolute Gasteiger partial charge is 0.270 e. The highest BCUT2D eigenvalue weighted by Crippen LogP contribution is 2.31. The van der Waals surface area contributed by atoms with Crippen molar-refractivity contribution in [3.63, 3.8) is 0 Å². The molecule has 1 aliphatic rings. The molecule has 1 amide bonds. The number of nitrogens with one attached hydrogen (secondary N) is 3. The minimum absolute atomic E-state index is 0.270. The van der Waals surface area contributed by atoms with Crippen molar-refractivity contribution < 1.29 is 13.9 Å². The van der Waals surface area contributed by atoms with Crippen LogP contribution in [0.15, 0.2) is 60.8 Å². The van der Waals surface area contributed by atoms with Gasteiger partial charge in [0.1, 0.15) is 11.4 Å². The monoisotopic (exact) mass is 431 g/mol. The van der Waals surface area contributed by atoms with Gasteiger partial charge in [0, 0.05) is 12.7 Å². The Bertz CT molecular complexity index is 1300. The Kier molecular flexibility index (Phi) is 5.07. The summed E-state index contributed by atoms with van der Waals surface area (Å²) in [5.74, 6) is -0.0122. The van der Waals surface area contributed by atoms with Gasteiger partial charge in [0.15, 0.2) is 0 Å². The van der Waals surface area contributed by atoms with Crippen LogP contribution in [0.4, 0.5) is 4.39 Å². The van der Waals surface area contributed by atoms with E-state index in [1.165, 1.54) is 0 Å². The summed E-state index contributed by atoms with van der Waals surface area (Å²) in [6, 6.07) is 16.6. The quantitative estimate of drug-likeness (QED) is 0.451. The second-order valence-electron chi connectivity index (χ2n) is 7.89. The van der Waals surface area contributed by atoms with Gasteiger partial charge in [0.05, 0.1) is 23.6 Å². The van der Waals surface area contributed by atoms with E-state index < -0.39 is 11.5 Å². The van der Waals surface area contributed by atoms with Crippen molar-refractivity contribution in [1.82, 2.24) is 25.8 Å². The highest BCUT2D eigenvalue weighted by atomic mass is 19.1. The maximum Gasteiger partial charge on any atom is 0.270 e. The van der Waals surface area contributed by atoms with E-state index in [1.54, 1.807) is 37.6 Å². The van der Waals surface area contributed by atoms with Crippen LogP contribution in [0.5, 0.6) is 5.75 Å². The van der Waals surface area contributed by atoms with Crippen LogP contribution < -0.4 is 15.4 Å². The lowest BCUT2D eigenvalue weighted by Gasteiger charge is -2.30. The van der Waals surface area contributed by atoms with Crippen molar-refractivity contribution in [2.24, 2.45) is 0 Å². The van der Waals surface area contributed by atoms with Gasteiger partial charge in [-0.1, -0.05) is 18.2 Å². The molecular formula is C24H22FN5O2. The summed E-state index contributed by atoms with van der Waals surface area (Å²) >= 11 is 0. The van der Waals surface area contributed by atoms with Crippen LogP contribution in [-0.2, 0) is 5.54 Å². The molecule has 1 atom stereocenters. The van der Waals surface area contributed by atoms with E-state index in [0.29, 0.717) is 23.1 Å². The molecule has 162 valence electrons. The summed E-state index contributed by atoms with van der Waals surface area (Å²) in [6.07, 6.45) is 2.34. The highest BCUT2D eigenvalue weighted by Gasteiger charge is 2.37. The van der Waals surface area contributed by atoms with Gasteiger partial charge in [0.25, 0.3) is 5.91 Å². The zero-order valence-corrected chi connectivity index (χ0v) is 17.5. The van der Waals surface area contributed by atoms with Crippen molar-refractivity contribution in [2.75, 3.05) is 20.2 Å². The summed E-state index contributed by atoms with van der Waals surface area (Å²) in [5.41, 5.74) is 2.82.